The lowest BCUT2D eigenvalue weighted by Crippen LogP contribution is -2.43. The highest BCUT2D eigenvalue weighted by atomic mass is 35.7. The molecule has 0 spiro atoms. The molecule has 1 saturated heterocycles. The second-order valence-electron chi connectivity index (χ2n) is 5.58. The van der Waals surface area contributed by atoms with Crippen LogP contribution in [0.3, 0.4) is 0 Å². The standard InChI is InChI=1S/C11H21ClNO4P/c1-11(2,3)9(10(14)15)8-6-7(4-5-13)16-18(12)17-8/h7-9H,4-6,13H2,1-3H3,(H,14,15)/t7-,8-,9?,18?/m1/s1. The summed E-state index contributed by atoms with van der Waals surface area (Å²) in [6, 6.07) is 0. The Balaban J connectivity index is 2.81. The third kappa shape index (κ3) is 4.32. The molecule has 4 atom stereocenters. The van der Waals surface area contributed by atoms with Crippen LogP contribution < -0.4 is 5.73 Å². The van der Waals surface area contributed by atoms with Crippen molar-refractivity contribution < 1.29 is 18.9 Å². The van der Waals surface area contributed by atoms with Crippen LogP contribution in [0, 0.1) is 11.3 Å². The fourth-order valence-electron chi connectivity index (χ4n) is 2.23. The normalized spacial score (nSPS) is 31.1. The third-order valence-corrected chi connectivity index (χ3v) is 4.38. The molecule has 3 N–H and O–H groups in total. The number of hydrogen-bond donors (Lipinski definition) is 2. The van der Waals surface area contributed by atoms with E-state index in [1.807, 2.05) is 20.8 Å². The average Bonchev–Trinajstić information content (AvgIpc) is 2.13. The molecule has 7 heteroatoms. The molecular formula is C11H21ClNO4P. The summed E-state index contributed by atoms with van der Waals surface area (Å²) in [5.41, 5.74) is 5.10. The van der Waals surface area contributed by atoms with E-state index >= 15 is 0 Å². The molecule has 1 heterocycles. The Kier molecular flexibility index (Phi) is 5.81. The lowest BCUT2D eigenvalue weighted by atomic mass is 9.76. The summed E-state index contributed by atoms with van der Waals surface area (Å²) in [5.74, 6) is -1.47. The summed E-state index contributed by atoms with van der Waals surface area (Å²) in [6.07, 6.45) is 0.664. The first-order valence-corrected chi connectivity index (χ1v) is 8.06. The highest BCUT2D eigenvalue weighted by Gasteiger charge is 2.43. The van der Waals surface area contributed by atoms with E-state index in [4.69, 9.17) is 26.0 Å². The molecule has 0 aromatic carbocycles. The van der Waals surface area contributed by atoms with Crippen molar-refractivity contribution in [3.8, 4) is 0 Å². The summed E-state index contributed by atoms with van der Waals surface area (Å²) in [6.45, 7) is 6.15. The number of halogens is 1. The van der Waals surface area contributed by atoms with Gasteiger partial charge < -0.3 is 19.9 Å². The van der Waals surface area contributed by atoms with Crippen molar-refractivity contribution in [2.45, 2.75) is 45.8 Å². The number of rotatable bonds is 4. The van der Waals surface area contributed by atoms with Gasteiger partial charge in [-0.15, -0.1) is 0 Å². The second kappa shape index (κ2) is 6.49. The topological polar surface area (TPSA) is 81.8 Å². The number of carboxylic acid groups (broad SMARTS) is 1. The van der Waals surface area contributed by atoms with Gasteiger partial charge in [0.05, 0.1) is 18.1 Å². The molecule has 0 saturated carbocycles. The molecule has 0 aliphatic carbocycles. The molecule has 0 aromatic rings. The Morgan fingerprint density at radius 2 is 2.17 bits per heavy atom. The summed E-state index contributed by atoms with van der Waals surface area (Å²) in [7, 11) is -1.53. The van der Waals surface area contributed by atoms with Crippen molar-refractivity contribution in [1.29, 1.82) is 0 Å². The largest absolute Gasteiger partial charge is 0.481 e. The van der Waals surface area contributed by atoms with Gasteiger partial charge in [0.15, 0.2) is 0 Å². The average molecular weight is 298 g/mol. The molecule has 0 amide bonds. The fraction of sp³-hybridized carbons (Fsp3) is 0.909. The minimum absolute atomic E-state index is 0.110. The van der Waals surface area contributed by atoms with E-state index in [0.717, 1.165) is 0 Å². The molecule has 1 aliphatic heterocycles. The third-order valence-electron chi connectivity index (χ3n) is 3.00. The maximum absolute atomic E-state index is 11.4. The van der Waals surface area contributed by atoms with Crippen LogP contribution in [0.5, 0.6) is 0 Å². The molecule has 106 valence electrons. The first-order chi connectivity index (χ1) is 8.25. The van der Waals surface area contributed by atoms with Crippen molar-refractivity contribution >= 4 is 24.9 Å². The molecule has 0 aromatic heterocycles. The molecule has 1 fully saturated rings. The number of hydrogen-bond acceptors (Lipinski definition) is 4. The molecule has 1 aliphatic rings. The molecule has 2 unspecified atom stereocenters. The minimum Gasteiger partial charge on any atom is -0.481 e. The van der Waals surface area contributed by atoms with Gasteiger partial charge in [0.2, 0.25) is 0 Å². The van der Waals surface area contributed by atoms with Crippen molar-refractivity contribution in [1.82, 2.24) is 0 Å². The van der Waals surface area contributed by atoms with Crippen LogP contribution in [0.1, 0.15) is 33.6 Å². The van der Waals surface area contributed by atoms with Crippen LogP contribution in [0.15, 0.2) is 0 Å². The maximum atomic E-state index is 11.4. The van der Waals surface area contributed by atoms with Crippen LogP contribution in [0.4, 0.5) is 0 Å². The van der Waals surface area contributed by atoms with E-state index in [2.05, 4.69) is 0 Å². The van der Waals surface area contributed by atoms with Gasteiger partial charge >= 0.3 is 5.97 Å². The smallest absolute Gasteiger partial charge is 0.309 e. The Morgan fingerprint density at radius 3 is 2.61 bits per heavy atom. The maximum Gasteiger partial charge on any atom is 0.309 e. The number of carbonyl (C=O) groups is 1. The first kappa shape index (κ1) is 16.1. The molecule has 18 heavy (non-hydrogen) atoms. The second-order valence-corrected chi connectivity index (χ2v) is 7.25. The van der Waals surface area contributed by atoms with Crippen LogP contribution >= 0.6 is 19.0 Å². The van der Waals surface area contributed by atoms with Crippen molar-refractivity contribution in [2.75, 3.05) is 6.54 Å². The van der Waals surface area contributed by atoms with E-state index in [1.165, 1.54) is 0 Å². The summed E-state index contributed by atoms with van der Waals surface area (Å²) < 4.78 is 10.9. The predicted octanol–water partition coefficient (Wildman–Crippen LogP) is 2.72. The van der Waals surface area contributed by atoms with Crippen molar-refractivity contribution in [2.24, 2.45) is 17.1 Å². The Hall–Kier alpha value is 0.0700. The van der Waals surface area contributed by atoms with E-state index < -0.39 is 31.1 Å². The van der Waals surface area contributed by atoms with Crippen molar-refractivity contribution in [3.63, 3.8) is 0 Å². The first-order valence-electron chi connectivity index (χ1n) is 5.98. The van der Waals surface area contributed by atoms with Gasteiger partial charge in [0.25, 0.3) is 7.73 Å². The number of aliphatic carboxylic acids is 1. The monoisotopic (exact) mass is 297 g/mol. The number of carboxylic acids is 1. The lowest BCUT2D eigenvalue weighted by molar-refractivity contribution is -0.152. The van der Waals surface area contributed by atoms with Crippen LogP contribution in [0.2, 0.25) is 0 Å². The number of nitrogens with two attached hydrogens (primary N) is 1. The minimum atomic E-state index is -1.53. The van der Waals surface area contributed by atoms with Crippen LogP contribution in [0.25, 0.3) is 0 Å². The predicted molar refractivity (Wildman–Crippen MR) is 71.4 cm³/mol. The Labute approximate surface area is 114 Å². The lowest BCUT2D eigenvalue weighted by Gasteiger charge is -2.39. The Bertz CT molecular complexity index is 297. The van der Waals surface area contributed by atoms with Gasteiger partial charge in [0.1, 0.15) is 0 Å². The van der Waals surface area contributed by atoms with Gasteiger partial charge in [-0.05, 0) is 29.6 Å². The summed E-state index contributed by atoms with van der Waals surface area (Å²) >= 11 is 5.93. The van der Waals surface area contributed by atoms with Gasteiger partial charge in [-0.25, -0.2) is 0 Å². The zero-order valence-electron chi connectivity index (χ0n) is 10.9. The van der Waals surface area contributed by atoms with Crippen molar-refractivity contribution in [3.05, 3.63) is 0 Å². The zero-order chi connectivity index (χ0) is 13.9. The molecule has 0 bridgehead atoms. The summed E-state index contributed by atoms with van der Waals surface area (Å²) in [5, 5.41) is 9.38. The Morgan fingerprint density at radius 1 is 1.56 bits per heavy atom. The van der Waals surface area contributed by atoms with E-state index in [0.29, 0.717) is 19.4 Å². The molecule has 1 rings (SSSR count). The molecule has 0 radical (unpaired) electrons. The van der Waals surface area contributed by atoms with Crippen LogP contribution in [-0.2, 0) is 13.8 Å². The summed E-state index contributed by atoms with van der Waals surface area (Å²) in [4.78, 5) is 11.4. The highest BCUT2D eigenvalue weighted by molar-refractivity contribution is 7.76. The highest BCUT2D eigenvalue weighted by Crippen LogP contribution is 2.53. The molecular weight excluding hydrogens is 277 g/mol. The SMILES string of the molecule is CC(C)(C)C(C(=O)O)[C@H]1C[C@@H](CCN)OP(Cl)O1. The van der Waals surface area contributed by atoms with Gasteiger partial charge in [-0.3, -0.25) is 4.79 Å². The van der Waals surface area contributed by atoms with E-state index in [1.54, 1.807) is 0 Å². The van der Waals surface area contributed by atoms with E-state index in [-0.39, 0.29) is 6.10 Å². The fourth-order valence-corrected chi connectivity index (χ4v) is 3.78. The van der Waals surface area contributed by atoms with Crippen LogP contribution in [-0.4, -0.2) is 29.8 Å². The van der Waals surface area contributed by atoms with Gasteiger partial charge in [-0.2, -0.15) is 0 Å². The van der Waals surface area contributed by atoms with Gasteiger partial charge in [0, 0.05) is 6.42 Å². The molecule has 5 nitrogen and oxygen atoms in total. The quantitative estimate of drug-likeness (QED) is 0.780. The van der Waals surface area contributed by atoms with E-state index in [9.17, 15) is 9.90 Å². The zero-order valence-corrected chi connectivity index (χ0v) is 12.6. The van der Waals surface area contributed by atoms with Gasteiger partial charge in [-0.1, -0.05) is 20.8 Å².